The summed E-state index contributed by atoms with van der Waals surface area (Å²) < 4.78 is 0. The molecule has 19 heavy (non-hydrogen) atoms. The van der Waals surface area contributed by atoms with E-state index >= 15 is 0 Å². The average molecular weight is 262 g/mol. The van der Waals surface area contributed by atoms with Gasteiger partial charge in [-0.05, 0) is 39.1 Å². The minimum Gasteiger partial charge on any atom is -0.329 e. The number of hydrogen-bond donors (Lipinski definition) is 1. The van der Waals surface area contributed by atoms with Gasteiger partial charge >= 0.3 is 0 Å². The van der Waals surface area contributed by atoms with E-state index in [2.05, 4.69) is 47.8 Å². The van der Waals surface area contributed by atoms with Crippen LogP contribution in [0.2, 0.25) is 0 Å². The summed E-state index contributed by atoms with van der Waals surface area (Å²) in [5.41, 5.74) is 7.36. The van der Waals surface area contributed by atoms with Crippen LogP contribution in [0, 0.1) is 0 Å². The highest BCUT2D eigenvalue weighted by Crippen LogP contribution is 2.31. The van der Waals surface area contributed by atoms with E-state index in [1.165, 1.54) is 0 Å². The van der Waals surface area contributed by atoms with Gasteiger partial charge in [0.2, 0.25) is 0 Å². The van der Waals surface area contributed by atoms with Crippen molar-refractivity contribution in [2.24, 2.45) is 5.73 Å². The lowest BCUT2D eigenvalue weighted by atomic mass is 9.93. The minimum atomic E-state index is 0.0977. The van der Waals surface area contributed by atoms with Crippen molar-refractivity contribution in [3.8, 4) is 0 Å². The molecule has 1 aliphatic rings. The lowest BCUT2D eigenvalue weighted by Crippen LogP contribution is -2.55. The average Bonchev–Trinajstić information content (AvgIpc) is 2.73. The molecule has 0 amide bonds. The second-order valence-electron chi connectivity index (χ2n) is 5.73. The van der Waals surface area contributed by atoms with E-state index in [9.17, 15) is 0 Å². The van der Waals surface area contributed by atoms with Crippen LogP contribution in [0.15, 0.2) is 24.4 Å². The lowest BCUT2D eigenvalue weighted by molar-refractivity contribution is 0.0981. The molecule has 4 nitrogen and oxygen atoms in total. The third-order valence-electron chi connectivity index (χ3n) is 4.48. The minimum absolute atomic E-state index is 0.0977. The first-order chi connectivity index (χ1) is 9.11. The van der Waals surface area contributed by atoms with Crippen molar-refractivity contribution >= 4 is 0 Å². The molecular formula is C15H26N4. The summed E-state index contributed by atoms with van der Waals surface area (Å²) in [6.07, 6.45) is 3.00. The first-order valence-electron chi connectivity index (χ1n) is 7.16. The Bertz CT molecular complexity index is 382. The molecule has 0 aromatic carbocycles. The van der Waals surface area contributed by atoms with E-state index in [-0.39, 0.29) is 5.54 Å². The standard InChI is InChI=1S/C15H26N4/c1-4-19(10-14-7-5-6-8-17-14)15(11-16)9-13(2)18(3)12-15/h5-8,13H,4,9-12,16H2,1-3H3. The van der Waals surface area contributed by atoms with Crippen LogP contribution in [-0.4, -0.2) is 53.0 Å². The maximum absolute atomic E-state index is 6.13. The van der Waals surface area contributed by atoms with Crippen molar-refractivity contribution in [3.05, 3.63) is 30.1 Å². The van der Waals surface area contributed by atoms with Crippen LogP contribution in [0.25, 0.3) is 0 Å². The molecule has 2 unspecified atom stereocenters. The Balaban J connectivity index is 2.16. The van der Waals surface area contributed by atoms with Crippen molar-refractivity contribution in [3.63, 3.8) is 0 Å². The van der Waals surface area contributed by atoms with E-state index in [0.717, 1.165) is 31.7 Å². The monoisotopic (exact) mass is 262 g/mol. The van der Waals surface area contributed by atoms with Gasteiger partial charge in [-0.1, -0.05) is 13.0 Å². The van der Waals surface area contributed by atoms with Gasteiger partial charge in [-0.2, -0.15) is 0 Å². The maximum Gasteiger partial charge on any atom is 0.0544 e. The molecule has 1 aromatic rings. The molecule has 0 spiro atoms. The molecule has 0 radical (unpaired) electrons. The SMILES string of the molecule is CCN(Cc1ccccn1)C1(CN)CC(C)N(C)C1. The highest BCUT2D eigenvalue weighted by Gasteiger charge is 2.43. The van der Waals surface area contributed by atoms with Gasteiger partial charge in [0.15, 0.2) is 0 Å². The molecule has 0 saturated carbocycles. The zero-order valence-corrected chi connectivity index (χ0v) is 12.3. The molecule has 1 fully saturated rings. The van der Waals surface area contributed by atoms with Crippen molar-refractivity contribution < 1.29 is 0 Å². The summed E-state index contributed by atoms with van der Waals surface area (Å²) in [4.78, 5) is 9.35. The van der Waals surface area contributed by atoms with Crippen molar-refractivity contribution in [1.29, 1.82) is 0 Å². The van der Waals surface area contributed by atoms with Crippen molar-refractivity contribution in [2.45, 2.75) is 38.4 Å². The molecule has 1 aliphatic heterocycles. The van der Waals surface area contributed by atoms with E-state index in [0.29, 0.717) is 12.6 Å². The van der Waals surface area contributed by atoms with E-state index < -0.39 is 0 Å². The fourth-order valence-corrected chi connectivity index (χ4v) is 3.20. The molecule has 2 atom stereocenters. The molecular weight excluding hydrogens is 236 g/mol. The first-order valence-corrected chi connectivity index (χ1v) is 7.16. The maximum atomic E-state index is 6.13. The predicted molar refractivity (Wildman–Crippen MR) is 78.8 cm³/mol. The Morgan fingerprint density at radius 3 is 2.79 bits per heavy atom. The third kappa shape index (κ3) is 2.96. The molecule has 2 rings (SSSR count). The molecule has 0 aliphatic carbocycles. The number of aromatic nitrogens is 1. The molecule has 2 heterocycles. The normalized spacial score (nSPS) is 28.2. The number of likely N-dealkylation sites (tertiary alicyclic amines) is 1. The Morgan fingerprint density at radius 2 is 2.32 bits per heavy atom. The van der Waals surface area contributed by atoms with Crippen LogP contribution in [0.5, 0.6) is 0 Å². The number of hydrogen-bond acceptors (Lipinski definition) is 4. The summed E-state index contributed by atoms with van der Waals surface area (Å²) >= 11 is 0. The second kappa shape index (κ2) is 5.99. The van der Waals surface area contributed by atoms with Crippen molar-refractivity contribution in [2.75, 3.05) is 26.7 Å². The third-order valence-corrected chi connectivity index (χ3v) is 4.48. The molecule has 106 valence electrons. The van der Waals surface area contributed by atoms with Gasteiger partial charge in [0, 0.05) is 37.4 Å². The highest BCUT2D eigenvalue weighted by molar-refractivity contribution is 5.07. The van der Waals surface area contributed by atoms with E-state index in [4.69, 9.17) is 5.73 Å². The Labute approximate surface area is 116 Å². The molecule has 1 aromatic heterocycles. The van der Waals surface area contributed by atoms with Gasteiger partial charge in [0.25, 0.3) is 0 Å². The number of nitrogens with two attached hydrogens (primary N) is 1. The topological polar surface area (TPSA) is 45.4 Å². The predicted octanol–water partition coefficient (Wildman–Crippen LogP) is 1.33. The number of pyridine rings is 1. The van der Waals surface area contributed by atoms with Gasteiger partial charge in [0.05, 0.1) is 5.69 Å². The second-order valence-corrected chi connectivity index (χ2v) is 5.73. The van der Waals surface area contributed by atoms with Crippen LogP contribution in [0.1, 0.15) is 26.0 Å². The van der Waals surface area contributed by atoms with Gasteiger partial charge in [0.1, 0.15) is 0 Å². The molecule has 0 bridgehead atoms. The summed E-state index contributed by atoms with van der Waals surface area (Å²) in [6, 6.07) is 6.70. The zero-order chi connectivity index (χ0) is 13.9. The number of likely N-dealkylation sites (N-methyl/N-ethyl adjacent to an activating group) is 2. The number of nitrogens with zero attached hydrogens (tertiary/aromatic N) is 3. The fraction of sp³-hybridized carbons (Fsp3) is 0.667. The quantitative estimate of drug-likeness (QED) is 0.869. The molecule has 4 heteroatoms. The summed E-state index contributed by atoms with van der Waals surface area (Å²) in [7, 11) is 2.19. The summed E-state index contributed by atoms with van der Waals surface area (Å²) in [5.74, 6) is 0. The smallest absolute Gasteiger partial charge is 0.0544 e. The lowest BCUT2D eigenvalue weighted by Gasteiger charge is -2.39. The van der Waals surface area contributed by atoms with Crippen LogP contribution in [0.4, 0.5) is 0 Å². The van der Waals surface area contributed by atoms with Crippen LogP contribution >= 0.6 is 0 Å². The Morgan fingerprint density at radius 1 is 1.53 bits per heavy atom. The van der Waals surface area contributed by atoms with Crippen LogP contribution in [0.3, 0.4) is 0 Å². The van der Waals surface area contributed by atoms with Gasteiger partial charge in [-0.3, -0.25) is 9.88 Å². The van der Waals surface area contributed by atoms with Crippen molar-refractivity contribution in [1.82, 2.24) is 14.8 Å². The van der Waals surface area contributed by atoms with E-state index in [1.807, 2.05) is 12.3 Å². The summed E-state index contributed by atoms with van der Waals surface area (Å²) in [5, 5.41) is 0. The van der Waals surface area contributed by atoms with Gasteiger partial charge in [-0.25, -0.2) is 0 Å². The first kappa shape index (κ1) is 14.4. The highest BCUT2D eigenvalue weighted by atomic mass is 15.3. The Hall–Kier alpha value is -0.970. The van der Waals surface area contributed by atoms with E-state index in [1.54, 1.807) is 0 Å². The summed E-state index contributed by atoms with van der Waals surface area (Å²) in [6.45, 7) is 8.15. The van der Waals surface area contributed by atoms with Crippen LogP contribution in [-0.2, 0) is 6.54 Å². The Kier molecular flexibility index (Phi) is 4.55. The molecule has 2 N–H and O–H groups in total. The zero-order valence-electron chi connectivity index (χ0n) is 12.3. The van der Waals surface area contributed by atoms with Gasteiger partial charge in [-0.15, -0.1) is 0 Å². The molecule has 1 saturated heterocycles. The van der Waals surface area contributed by atoms with Crippen LogP contribution < -0.4 is 5.73 Å². The fourth-order valence-electron chi connectivity index (χ4n) is 3.20. The largest absolute Gasteiger partial charge is 0.329 e. The number of rotatable bonds is 5. The van der Waals surface area contributed by atoms with Gasteiger partial charge < -0.3 is 10.6 Å².